The molecule has 0 aromatic heterocycles. The van der Waals surface area contributed by atoms with Gasteiger partial charge in [-0.1, -0.05) is 66.2 Å². The zero-order chi connectivity index (χ0) is 17.2. The van der Waals surface area contributed by atoms with Crippen LogP contribution in [0.25, 0.3) is 0 Å². The Morgan fingerprint density at radius 2 is 1.38 bits per heavy atom. The van der Waals surface area contributed by atoms with Crippen molar-refractivity contribution in [2.75, 3.05) is 5.88 Å². The Bertz CT molecular complexity index is 770. The molecule has 2 aromatic rings. The number of benzene rings is 2. The summed E-state index contributed by atoms with van der Waals surface area (Å²) in [6, 6.07) is 16.3. The van der Waals surface area contributed by atoms with Crippen molar-refractivity contribution in [3.05, 3.63) is 82.4 Å². The standard InChI is InChI=1S/C23H21Cl/c1-19-9-3-5-12-22(19)16-14-21(11-7-8-18-24)15-17-23-13-6-4-10-20(23)2/h3-6,9-13H,7-8,18H2,1-2H3. The fourth-order valence-corrected chi connectivity index (χ4v) is 2.31. The lowest BCUT2D eigenvalue weighted by Crippen LogP contribution is -1.83. The van der Waals surface area contributed by atoms with Crippen molar-refractivity contribution in [2.24, 2.45) is 0 Å². The molecule has 0 atom stereocenters. The summed E-state index contributed by atoms with van der Waals surface area (Å²) in [4.78, 5) is 0. The van der Waals surface area contributed by atoms with Gasteiger partial charge in [0.2, 0.25) is 0 Å². The molecule has 0 aliphatic rings. The molecular weight excluding hydrogens is 312 g/mol. The number of unbranched alkanes of at least 4 members (excludes halogenated alkanes) is 1. The second-order valence-corrected chi connectivity index (χ2v) is 5.96. The summed E-state index contributed by atoms with van der Waals surface area (Å²) in [6.45, 7) is 4.14. The van der Waals surface area contributed by atoms with E-state index in [0.29, 0.717) is 5.88 Å². The Kier molecular flexibility index (Phi) is 7.22. The van der Waals surface area contributed by atoms with Crippen LogP contribution in [0, 0.1) is 37.5 Å². The molecule has 0 bridgehead atoms. The second kappa shape index (κ2) is 9.67. The number of halogens is 1. The molecule has 0 nitrogen and oxygen atoms in total. The first-order chi connectivity index (χ1) is 11.7. The summed E-state index contributed by atoms with van der Waals surface area (Å²) < 4.78 is 0. The molecule has 1 heteroatoms. The van der Waals surface area contributed by atoms with Crippen molar-refractivity contribution < 1.29 is 0 Å². The van der Waals surface area contributed by atoms with Gasteiger partial charge in [0.05, 0.1) is 5.57 Å². The van der Waals surface area contributed by atoms with Crippen molar-refractivity contribution in [1.29, 1.82) is 0 Å². The number of rotatable bonds is 3. The maximum absolute atomic E-state index is 5.77. The molecule has 0 aliphatic carbocycles. The van der Waals surface area contributed by atoms with Gasteiger partial charge < -0.3 is 0 Å². The average Bonchev–Trinajstić information content (AvgIpc) is 2.59. The molecule has 0 radical (unpaired) electrons. The SMILES string of the molecule is Cc1ccccc1C#CC(C#Cc1ccccc1C)=CCCCCl. The predicted molar refractivity (Wildman–Crippen MR) is 104 cm³/mol. The fourth-order valence-electron chi connectivity index (χ4n) is 2.15. The maximum atomic E-state index is 5.77. The van der Waals surface area contributed by atoms with Crippen molar-refractivity contribution in [2.45, 2.75) is 26.7 Å². The third-order valence-electron chi connectivity index (χ3n) is 3.64. The number of aryl methyl sites for hydroxylation is 2. The van der Waals surface area contributed by atoms with Crippen LogP contribution < -0.4 is 0 Å². The van der Waals surface area contributed by atoms with E-state index in [9.17, 15) is 0 Å². The van der Waals surface area contributed by atoms with Gasteiger partial charge in [0.1, 0.15) is 0 Å². The number of allylic oxidation sites excluding steroid dienone is 2. The molecule has 0 unspecified atom stereocenters. The van der Waals surface area contributed by atoms with Crippen LogP contribution in [0.5, 0.6) is 0 Å². The van der Waals surface area contributed by atoms with Gasteiger partial charge in [0, 0.05) is 17.0 Å². The molecule has 0 fully saturated rings. The van der Waals surface area contributed by atoms with Crippen LogP contribution in [-0.2, 0) is 0 Å². The summed E-state index contributed by atoms with van der Waals surface area (Å²) in [7, 11) is 0. The predicted octanol–water partition coefficient (Wildman–Crippen LogP) is 5.65. The van der Waals surface area contributed by atoms with E-state index >= 15 is 0 Å². The van der Waals surface area contributed by atoms with Crippen molar-refractivity contribution in [1.82, 2.24) is 0 Å². The number of hydrogen-bond acceptors (Lipinski definition) is 0. The van der Waals surface area contributed by atoms with Gasteiger partial charge in [-0.3, -0.25) is 0 Å². The van der Waals surface area contributed by atoms with E-state index in [-0.39, 0.29) is 0 Å². The van der Waals surface area contributed by atoms with Gasteiger partial charge in [0.25, 0.3) is 0 Å². The Morgan fingerprint density at radius 3 is 1.83 bits per heavy atom. The topological polar surface area (TPSA) is 0 Å². The molecule has 2 aromatic carbocycles. The molecule has 0 amide bonds. The zero-order valence-electron chi connectivity index (χ0n) is 14.2. The first-order valence-electron chi connectivity index (χ1n) is 8.12. The summed E-state index contributed by atoms with van der Waals surface area (Å²) in [5.41, 5.74) is 5.29. The minimum Gasteiger partial charge on any atom is -0.127 e. The van der Waals surface area contributed by atoms with Gasteiger partial charge in [-0.05, 0) is 49.9 Å². The van der Waals surface area contributed by atoms with Gasteiger partial charge in [0.15, 0.2) is 0 Å². The van der Waals surface area contributed by atoms with Crippen LogP contribution in [-0.4, -0.2) is 5.88 Å². The molecule has 0 saturated heterocycles. The van der Waals surface area contributed by atoms with Gasteiger partial charge >= 0.3 is 0 Å². The molecule has 0 spiro atoms. The van der Waals surface area contributed by atoms with E-state index < -0.39 is 0 Å². The minimum atomic E-state index is 0.653. The fraction of sp³-hybridized carbons (Fsp3) is 0.217. The van der Waals surface area contributed by atoms with Crippen LogP contribution in [0.4, 0.5) is 0 Å². The van der Waals surface area contributed by atoms with Crippen LogP contribution in [0.2, 0.25) is 0 Å². The minimum absolute atomic E-state index is 0.653. The molecule has 0 saturated carbocycles. The first kappa shape index (κ1) is 17.9. The van der Waals surface area contributed by atoms with Crippen molar-refractivity contribution in [3.63, 3.8) is 0 Å². The second-order valence-electron chi connectivity index (χ2n) is 5.58. The van der Waals surface area contributed by atoms with Crippen LogP contribution in [0.15, 0.2) is 60.2 Å². The largest absolute Gasteiger partial charge is 0.127 e. The van der Waals surface area contributed by atoms with Gasteiger partial charge in [-0.2, -0.15) is 0 Å². The van der Waals surface area contributed by atoms with E-state index in [4.69, 9.17) is 11.6 Å². The van der Waals surface area contributed by atoms with Crippen molar-refractivity contribution in [3.8, 4) is 23.7 Å². The van der Waals surface area contributed by atoms with Crippen LogP contribution in [0.1, 0.15) is 35.1 Å². The summed E-state index contributed by atoms with van der Waals surface area (Å²) in [5, 5.41) is 0. The van der Waals surface area contributed by atoms with E-state index in [2.05, 4.69) is 55.7 Å². The quantitative estimate of drug-likeness (QED) is 0.387. The highest BCUT2D eigenvalue weighted by Crippen LogP contribution is 2.07. The molecular formula is C23H21Cl. The highest BCUT2D eigenvalue weighted by Gasteiger charge is 1.94. The average molecular weight is 333 g/mol. The number of hydrogen-bond donors (Lipinski definition) is 0. The molecule has 0 aliphatic heterocycles. The smallest absolute Gasteiger partial charge is 0.0711 e. The monoisotopic (exact) mass is 332 g/mol. The van der Waals surface area contributed by atoms with E-state index in [0.717, 1.165) is 29.5 Å². The lowest BCUT2D eigenvalue weighted by Gasteiger charge is -1.96. The maximum Gasteiger partial charge on any atom is 0.0711 e. The molecule has 0 heterocycles. The molecule has 120 valence electrons. The Labute approximate surface area is 150 Å². The summed E-state index contributed by atoms with van der Waals surface area (Å²) in [5.74, 6) is 13.6. The van der Waals surface area contributed by atoms with E-state index in [1.165, 1.54) is 11.1 Å². The molecule has 2 rings (SSSR count). The lowest BCUT2D eigenvalue weighted by atomic mass is 10.1. The van der Waals surface area contributed by atoms with Crippen LogP contribution in [0.3, 0.4) is 0 Å². The normalized spacial score (nSPS) is 9.29. The van der Waals surface area contributed by atoms with Gasteiger partial charge in [-0.25, -0.2) is 0 Å². The number of alkyl halides is 1. The van der Waals surface area contributed by atoms with Gasteiger partial charge in [-0.15, -0.1) is 11.6 Å². The van der Waals surface area contributed by atoms with E-state index in [1.54, 1.807) is 0 Å². The van der Waals surface area contributed by atoms with E-state index in [1.807, 2.05) is 36.4 Å². The highest BCUT2D eigenvalue weighted by atomic mass is 35.5. The van der Waals surface area contributed by atoms with Crippen molar-refractivity contribution >= 4 is 11.6 Å². The zero-order valence-corrected chi connectivity index (χ0v) is 15.0. The molecule has 0 N–H and O–H groups in total. The summed E-state index contributed by atoms with van der Waals surface area (Å²) in [6.07, 6.45) is 3.91. The summed E-state index contributed by atoms with van der Waals surface area (Å²) >= 11 is 5.77. The first-order valence-corrected chi connectivity index (χ1v) is 8.65. The molecule has 24 heavy (non-hydrogen) atoms. The highest BCUT2D eigenvalue weighted by molar-refractivity contribution is 6.17. The Hall–Kier alpha value is -2.41. The third-order valence-corrected chi connectivity index (χ3v) is 3.91. The third kappa shape index (κ3) is 5.66. The lowest BCUT2D eigenvalue weighted by molar-refractivity contribution is 0.964. The Balaban J connectivity index is 2.29. The Morgan fingerprint density at radius 1 is 0.875 bits per heavy atom. The van der Waals surface area contributed by atoms with Crippen LogP contribution >= 0.6 is 11.6 Å².